The average Bonchev–Trinajstić information content (AvgIpc) is 2.83. The van der Waals surface area contributed by atoms with E-state index in [1.807, 2.05) is 18.2 Å². The van der Waals surface area contributed by atoms with E-state index in [2.05, 4.69) is 76.8 Å². The van der Waals surface area contributed by atoms with Gasteiger partial charge in [-0.15, -0.1) is 0 Å². The van der Waals surface area contributed by atoms with Crippen molar-refractivity contribution in [3.8, 4) is 0 Å². The first-order valence-electron chi connectivity index (χ1n) is 7.06. The summed E-state index contributed by atoms with van der Waals surface area (Å²) in [5.41, 5.74) is 3.37. The molecular weight excluding hydrogens is 324 g/mol. The zero-order valence-electron chi connectivity index (χ0n) is 12.1. The molecule has 2 nitrogen and oxygen atoms in total. The number of imidazole rings is 1. The first-order chi connectivity index (χ1) is 10.1. The van der Waals surface area contributed by atoms with Gasteiger partial charge in [0.2, 0.25) is 0 Å². The number of hydrogen-bond acceptors (Lipinski definition) is 1. The first-order valence-corrected chi connectivity index (χ1v) is 7.85. The molecule has 0 fully saturated rings. The first kappa shape index (κ1) is 14.1. The summed E-state index contributed by atoms with van der Waals surface area (Å²) in [6, 6.07) is 16.9. The van der Waals surface area contributed by atoms with E-state index < -0.39 is 0 Å². The van der Waals surface area contributed by atoms with Crippen LogP contribution in [-0.2, 0) is 0 Å². The quantitative estimate of drug-likeness (QED) is 0.611. The minimum absolute atomic E-state index is 0.367. The smallest absolute Gasteiger partial charge is 0.134 e. The molecule has 0 spiro atoms. The van der Waals surface area contributed by atoms with Gasteiger partial charge in [-0.3, -0.25) is 0 Å². The number of benzene rings is 2. The average molecular weight is 341 g/mol. The second-order valence-electron chi connectivity index (χ2n) is 5.31. The predicted octanol–water partition coefficient (Wildman–Crippen LogP) is 5.55. The van der Waals surface area contributed by atoms with Gasteiger partial charge in [0.25, 0.3) is 0 Å². The summed E-state index contributed by atoms with van der Waals surface area (Å²) in [6.45, 7) is 4.37. The van der Waals surface area contributed by atoms with Crippen molar-refractivity contribution in [1.29, 1.82) is 0 Å². The Morgan fingerprint density at radius 2 is 1.81 bits per heavy atom. The van der Waals surface area contributed by atoms with E-state index in [-0.39, 0.29) is 0 Å². The van der Waals surface area contributed by atoms with E-state index >= 15 is 0 Å². The van der Waals surface area contributed by atoms with Crippen LogP contribution in [0.5, 0.6) is 0 Å². The van der Waals surface area contributed by atoms with Crippen molar-refractivity contribution >= 4 is 39.1 Å². The van der Waals surface area contributed by atoms with Gasteiger partial charge in [0.05, 0.1) is 11.0 Å². The molecule has 0 saturated carbocycles. The highest BCUT2D eigenvalue weighted by atomic mass is 79.9. The molecule has 0 aliphatic carbocycles. The van der Waals surface area contributed by atoms with E-state index in [1.165, 1.54) is 11.1 Å². The van der Waals surface area contributed by atoms with Crippen molar-refractivity contribution in [2.75, 3.05) is 0 Å². The molecule has 0 bridgehead atoms. The van der Waals surface area contributed by atoms with Gasteiger partial charge in [-0.1, -0.05) is 52.3 Å². The maximum Gasteiger partial charge on any atom is 0.134 e. The van der Waals surface area contributed by atoms with Crippen LogP contribution in [0.15, 0.2) is 53.0 Å². The monoisotopic (exact) mass is 340 g/mol. The lowest BCUT2D eigenvalue weighted by atomic mass is 10.2. The Bertz CT molecular complexity index is 786. The molecule has 0 atom stereocenters. The molecule has 0 unspecified atom stereocenters. The molecule has 0 amide bonds. The van der Waals surface area contributed by atoms with Crippen molar-refractivity contribution in [3.05, 3.63) is 64.4 Å². The van der Waals surface area contributed by atoms with Crippen LogP contribution in [0, 0.1) is 0 Å². The Labute approximate surface area is 133 Å². The summed E-state index contributed by atoms with van der Waals surface area (Å²) in [7, 11) is 0. The Hall–Kier alpha value is -1.87. The summed E-state index contributed by atoms with van der Waals surface area (Å²) in [5, 5.41) is 0. The van der Waals surface area contributed by atoms with Crippen molar-refractivity contribution in [1.82, 2.24) is 9.55 Å². The number of rotatable bonds is 3. The summed E-state index contributed by atoms with van der Waals surface area (Å²) >= 11 is 3.51. The fourth-order valence-electron chi connectivity index (χ4n) is 2.49. The maximum absolute atomic E-state index is 4.76. The molecule has 0 N–H and O–H groups in total. The van der Waals surface area contributed by atoms with Crippen molar-refractivity contribution in [2.24, 2.45) is 0 Å². The molecule has 1 heterocycles. The SMILES string of the molecule is CC(C)n1c(/C=C/c2ccccc2)nc2cc(Br)ccc21. The van der Waals surface area contributed by atoms with Crippen LogP contribution in [0.25, 0.3) is 23.2 Å². The Morgan fingerprint density at radius 1 is 1.05 bits per heavy atom. The lowest BCUT2D eigenvalue weighted by molar-refractivity contribution is 0.612. The van der Waals surface area contributed by atoms with E-state index in [1.54, 1.807) is 0 Å². The lowest BCUT2D eigenvalue weighted by Crippen LogP contribution is -2.02. The zero-order valence-corrected chi connectivity index (χ0v) is 13.7. The van der Waals surface area contributed by atoms with E-state index in [9.17, 15) is 0 Å². The lowest BCUT2D eigenvalue weighted by Gasteiger charge is -2.11. The topological polar surface area (TPSA) is 17.8 Å². The third-order valence-corrected chi connectivity index (χ3v) is 3.91. The van der Waals surface area contributed by atoms with Gasteiger partial charge < -0.3 is 4.57 Å². The maximum atomic E-state index is 4.76. The third kappa shape index (κ3) is 2.93. The Kier molecular flexibility index (Phi) is 3.93. The fraction of sp³-hybridized carbons (Fsp3) is 0.167. The highest BCUT2D eigenvalue weighted by molar-refractivity contribution is 9.10. The molecule has 3 rings (SSSR count). The largest absolute Gasteiger partial charge is 0.322 e. The fourth-order valence-corrected chi connectivity index (χ4v) is 2.83. The van der Waals surface area contributed by atoms with Crippen LogP contribution < -0.4 is 0 Å². The van der Waals surface area contributed by atoms with Gasteiger partial charge in [0.15, 0.2) is 0 Å². The molecule has 106 valence electrons. The molecule has 3 heteroatoms. The van der Waals surface area contributed by atoms with Gasteiger partial charge >= 0.3 is 0 Å². The number of halogens is 1. The Morgan fingerprint density at radius 3 is 2.52 bits per heavy atom. The molecule has 1 aromatic heterocycles. The second-order valence-corrected chi connectivity index (χ2v) is 6.23. The molecule has 0 aliphatic rings. The zero-order chi connectivity index (χ0) is 14.8. The summed E-state index contributed by atoms with van der Waals surface area (Å²) in [6.07, 6.45) is 4.19. The normalized spacial score (nSPS) is 11.8. The van der Waals surface area contributed by atoms with Crippen LogP contribution in [0.4, 0.5) is 0 Å². The van der Waals surface area contributed by atoms with Crippen LogP contribution in [0.2, 0.25) is 0 Å². The highest BCUT2D eigenvalue weighted by Gasteiger charge is 2.11. The van der Waals surface area contributed by atoms with Crippen LogP contribution >= 0.6 is 15.9 Å². The predicted molar refractivity (Wildman–Crippen MR) is 93.2 cm³/mol. The number of fused-ring (bicyclic) bond motifs is 1. The summed E-state index contributed by atoms with van der Waals surface area (Å²) in [5.74, 6) is 0.988. The highest BCUT2D eigenvalue weighted by Crippen LogP contribution is 2.25. The minimum Gasteiger partial charge on any atom is -0.322 e. The van der Waals surface area contributed by atoms with Crippen LogP contribution in [0.1, 0.15) is 31.3 Å². The molecule has 0 saturated heterocycles. The van der Waals surface area contributed by atoms with Gasteiger partial charge in [-0.05, 0) is 43.7 Å². The van der Waals surface area contributed by atoms with Crippen LogP contribution in [-0.4, -0.2) is 9.55 Å². The minimum atomic E-state index is 0.367. The molecule has 0 aliphatic heterocycles. The van der Waals surface area contributed by atoms with Crippen molar-refractivity contribution < 1.29 is 0 Å². The number of nitrogens with zero attached hydrogens (tertiary/aromatic N) is 2. The van der Waals surface area contributed by atoms with Crippen molar-refractivity contribution in [3.63, 3.8) is 0 Å². The second kappa shape index (κ2) is 5.86. The van der Waals surface area contributed by atoms with Gasteiger partial charge in [0, 0.05) is 10.5 Å². The van der Waals surface area contributed by atoms with Crippen LogP contribution in [0.3, 0.4) is 0 Å². The van der Waals surface area contributed by atoms with Gasteiger partial charge in [-0.25, -0.2) is 4.98 Å². The number of aromatic nitrogens is 2. The van der Waals surface area contributed by atoms with E-state index in [0.29, 0.717) is 6.04 Å². The molecule has 0 radical (unpaired) electrons. The number of hydrogen-bond donors (Lipinski definition) is 0. The molecule has 2 aromatic carbocycles. The Balaban J connectivity index is 2.09. The van der Waals surface area contributed by atoms with Crippen molar-refractivity contribution in [2.45, 2.75) is 19.9 Å². The summed E-state index contributed by atoms with van der Waals surface area (Å²) < 4.78 is 3.32. The standard InChI is InChI=1S/C18H17BrN2/c1-13(2)21-17-10-9-15(19)12-16(17)20-18(21)11-8-14-6-4-3-5-7-14/h3-13H,1-2H3/b11-8+. The van der Waals surface area contributed by atoms with E-state index in [0.717, 1.165) is 15.8 Å². The molecule has 21 heavy (non-hydrogen) atoms. The van der Waals surface area contributed by atoms with Gasteiger partial charge in [0.1, 0.15) is 5.82 Å². The van der Waals surface area contributed by atoms with E-state index in [4.69, 9.17) is 4.98 Å². The molecular formula is C18H17BrN2. The molecule has 3 aromatic rings. The van der Waals surface area contributed by atoms with Gasteiger partial charge in [-0.2, -0.15) is 0 Å². The summed E-state index contributed by atoms with van der Waals surface area (Å²) in [4.78, 5) is 4.76. The third-order valence-electron chi connectivity index (χ3n) is 3.42.